The van der Waals surface area contributed by atoms with Gasteiger partial charge >= 0.3 is 0 Å². The van der Waals surface area contributed by atoms with Gasteiger partial charge in [0.15, 0.2) is 0 Å². The largest absolute Gasteiger partial charge is 0.493 e. The Morgan fingerprint density at radius 3 is 2.78 bits per heavy atom. The molecule has 0 N–H and O–H groups in total. The zero-order valence-electron chi connectivity index (χ0n) is 15.1. The lowest BCUT2D eigenvalue weighted by Gasteiger charge is -2.24. The monoisotopic (exact) mass is 317 g/mol. The summed E-state index contributed by atoms with van der Waals surface area (Å²) in [5.41, 5.74) is 2.81. The first-order chi connectivity index (χ1) is 11.0. The molecule has 1 heterocycles. The number of hydrogen-bond acceptors (Lipinski definition) is 2. The molecule has 3 heteroatoms. The van der Waals surface area contributed by atoms with Crippen LogP contribution in [-0.2, 0) is 11.2 Å². The molecule has 23 heavy (non-hydrogen) atoms. The molecule has 0 saturated heterocycles. The van der Waals surface area contributed by atoms with Crippen LogP contribution in [0.15, 0.2) is 18.2 Å². The van der Waals surface area contributed by atoms with Crippen molar-refractivity contribution in [2.24, 2.45) is 5.92 Å². The van der Waals surface area contributed by atoms with E-state index in [2.05, 4.69) is 32.0 Å². The molecule has 0 saturated carbocycles. The minimum absolute atomic E-state index is 0.186. The highest BCUT2D eigenvalue weighted by Crippen LogP contribution is 2.33. The molecule has 2 unspecified atom stereocenters. The van der Waals surface area contributed by atoms with Gasteiger partial charge in [-0.1, -0.05) is 26.0 Å². The van der Waals surface area contributed by atoms with E-state index in [4.69, 9.17) is 4.74 Å². The lowest BCUT2D eigenvalue weighted by molar-refractivity contribution is -0.128. The van der Waals surface area contributed by atoms with E-state index < -0.39 is 0 Å². The highest BCUT2D eigenvalue weighted by atomic mass is 16.5. The van der Waals surface area contributed by atoms with Gasteiger partial charge < -0.3 is 9.64 Å². The van der Waals surface area contributed by atoms with Gasteiger partial charge in [-0.25, -0.2) is 0 Å². The Labute approximate surface area is 141 Å². The van der Waals surface area contributed by atoms with Crippen LogP contribution in [0.5, 0.6) is 5.75 Å². The summed E-state index contributed by atoms with van der Waals surface area (Å²) in [5.74, 6) is 2.48. The molecule has 2 rings (SSSR count). The third kappa shape index (κ3) is 4.73. The Morgan fingerprint density at radius 2 is 2.13 bits per heavy atom. The first-order valence-corrected chi connectivity index (χ1v) is 9.06. The number of rotatable bonds is 8. The molecule has 1 aromatic carbocycles. The van der Waals surface area contributed by atoms with Crippen LogP contribution in [0, 0.1) is 5.92 Å². The van der Waals surface area contributed by atoms with Gasteiger partial charge in [-0.15, -0.1) is 0 Å². The van der Waals surface area contributed by atoms with Gasteiger partial charge in [-0.2, -0.15) is 0 Å². The average Bonchev–Trinajstić information content (AvgIpc) is 3.00. The highest BCUT2D eigenvalue weighted by Gasteiger charge is 2.18. The molecule has 2 atom stereocenters. The minimum atomic E-state index is 0.186. The summed E-state index contributed by atoms with van der Waals surface area (Å²) in [4.78, 5) is 13.4. The third-order valence-corrected chi connectivity index (χ3v) is 5.08. The predicted octanol–water partition coefficient (Wildman–Crippen LogP) is 4.40. The number of fused-ring (bicyclic) bond motifs is 1. The van der Waals surface area contributed by atoms with E-state index in [9.17, 15) is 4.79 Å². The van der Waals surface area contributed by atoms with E-state index in [1.54, 1.807) is 6.92 Å². The van der Waals surface area contributed by atoms with Crippen LogP contribution in [0.25, 0.3) is 0 Å². The number of carbonyl (C=O) groups is 1. The second-order valence-corrected chi connectivity index (χ2v) is 6.80. The average molecular weight is 317 g/mol. The summed E-state index contributed by atoms with van der Waals surface area (Å²) < 4.78 is 5.61. The standard InChI is InChI=1S/C20H31NO2/c1-5-17(13-15(3)9-11-21(6-2)16(4)22)18-7-8-20-19(14-18)10-12-23-20/h7-8,14-15,17H,5-6,9-13H2,1-4H3. The second kappa shape index (κ2) is 8.37. The normalized spacial score (nSPS) is 15.7. The fraction of sp³-hybridized carbons (Fsp3) is 0.650. The lowest BCUT2D eigenvalue weighted by atomic mass is 9.85. The molecule has 0 aromatic heterocycles. The van der Waals surface area contributed by atoms with Gasteiger partial charge in [-0.3, -0.25) is 4.79 Å². The Balaban J connectivity index is 1.92. The topological polar surface area (TPSA) is 29.5 Å². The van der Waals surface area contributed by atoms with Crippen molar-refractivity contribution < 1.29 is 9.53 Å². The lowest BCUT2D eigenvalue weighted by Crippen LogP contribution is -2.30. The van der Waals surface area contributed by atoms with Crippen LogP contribution in [0.3, 0.4) is 0 Å². The Hall–Kier alpha value is -1.51. The van der Waals surface area contributed by atoms with Crippen molar-refractivity contribution in [3.63, 3.8) is 0 Å². The van der Waals surface area contributed by atoms with Crippen LogP contribution in [-0.4, -0.2) is 30.5 Å². The second-order valence-electron chi connectivity index (χ2n) is 6.80. The van der Waals surface area contributed by atoms with Crippen molar-refractivity contribution in [1.82, 2.24) is 4.90 Å². The van der Waals surface area contributed by atoms with Crippen LogP contribution >= 0.6 is 0 Å². The number of carbonyl (C=O) groups excluding carboxylic acids is 1. The highest BCUT2D eigenvalue weighted by molar-refractivity contribution is 5.73. The van der Waals surface area contributed by atoms with E-state index in [1.165, 1.54) is 17.5 Å². The fourth-order valence-corrected chi connectivity index (χ4v) is 3.52. The summed E-state index contributed by atoms with van der Waals surface area (Å²) in [7, 11) is 0. The minimum Gasteiger partial charge on any atom is -0.493 e. The maximum absolute atomic E-state index is 11.5. The SMILES string of the molecule is CCC(CC(C)CCN(CC)C(C)=O)c1ccc2c(c1)CCO2. The number of benzene rings is 1. The molecule has 1 aliphatic heterocycles. The summed E-state index contributed by atoms with van der Waals surface area (Å²) in [6.45, 7) is 10.8. The van der Waals surface area contributed by atoms with Gasteiger partial charge in [0.25, 0.3) is 0 Å². The van der Waals surface area contributed by atoms with E-state index in [1.807, 2.05) is 11.8 Å². The van der Waals surface area contributed by atoms with Crippen molar-refractivity contribution >= 4 is 5.91 Å². The summed E-state index contributed by atoms with van der Waals surface area (Å²) >= 11 is 0. The van der Waals surface area contributed by atoms with Crippen LogP contribution in [0.1, 0.15) is 64.0 Å². The molecule has 0 fully saturated rings. The van der Waals surface area contributed by atoms with Crippen molar-refractivity contribution in [1.29, 1.82) is 0 Å². The number of amides is 1. The Morgan fingerprint density at radius 1 is 1.35 bits per heavy atom. The summed E-state index contributed by atoms with van der Waals surface area (Å²) in [6, 6.07) is 6.72. The first kappa shape index (κ1) is 17.8. The van der Waals surface area contributed by atoms with E-state index >= 15 is 0 Å². The number of nitrogens with zero attached hydrogens (tertiary/aromatic N) is 1. The van der Waals surface area contributed by atoms with E-state index in [0.717, 1.165) is 44.7 Å². The number of hydrogen-bond donors (Lipinski definition) is 0. The molecule has 0 radical (unpaired) electrons. The van der Waals surface area contributed by atoms with Crippen LogP contribution in [0.2, 0.25) is 0 Å². The summed E-state index contributed by atoms with van der Waals surface area (Å²) in [5, 5.41) is 0. The van der Waals surface area contributed by atoms with Crippen molar-refractivity contribution in [2.75, 3.05) is 19.7 Å². The molecule has 0 bridgehead atoms. The molecular formula is C20H31NO2. The number of ether oxygens (including phenoxy) is 1. The Bertz CT molecular complexity index is 526. The van der Waals surface area contributed by atoms with Crippen molar-refractivity contribution in [2.45, 2.75) is 59.3 Å². The van der Waals surface area contributed by atoms with Crippen LogP contribution in [0.4, 0.5) is 0 Å². The summed E-state index contributed by atoms with van der Waals surface area (Å²) in [6.07, 6.45) is 4.47. The first-order valence-electron chi connectivity index (χ1n) is 9.06. The zero-order chi connectivity index (χ0) is 16.8. The maximum Gasteiger partial charge on any atom is 0.219 e. The maximum atomic E-state index is 11.5. The van der Waals surface area contributed by atoms with E-state index in [-0.39, 0.29) is 5.91 Å². The van der Waals surface area contributed by atoms with Crippen LogP contribution < -0.4 is 4.74 Å². The molecule has 0 spiro atoms. The molecule has 1 aliphatic rings. The molecule has 1 amide bonds. The van der Waals surface area contributed by atoms with Gasteiger partial charge in [0.2, 0.25) is 5.91 Å². The predicted molar refractivity (Wildman–Crippen MR) is 95.0 cm³/mol. The van der Waals surface area contributed by atoms with Crippen molar-refractivity contribution in [3.05, 3.63) is 29.3 Å². The molecule has 128 valence electrons. The fourth-order valence-electron chi connectivity index (χ4n) is 3.52. The molecule has 3 nitrogen and oxygen atoms in total. The Kier molecular flexibility index (Phi) is 6.49. The third-order valence-electron chi connectivity index (χ3n) is 5.08. The quantitative estimate of drug-likeness (QED) is 0.711. The van der Waals surface area contributed by atoms with Gasteiger partial charge in [0.1, 0.15) is 5.75 Å². The zero-order valence-corrected chi connectivity index (χ0v) is 15.1. The molecule has 0 aliphatic carbocycles. The molecule has 1 aromatic rings. The van der Waals surface area contributed by atoms with Gasteiger partial charge in [-0.05, 0) is 55.2 Å². The molecular weight excluding hydrogens is 286 g/mol. The van der Waals surface area contributed by atoms with Gasteiger partial charge in [0.05, 0.1) is 6.61 Å². The van der Waals surface area contributed by atoms with Crippen molar-refractivity contribution in [3.8, 4) is 5.75 Å². The van der Waals surface area contributed by atoms with Gasteiger partial charge in [0, 0.05) is 26.4 Å². The van der Waals surface area contributed by atoms with E-state index in [0.29, 0.717) is 11.8 Å². The smallest absolute Gasteiger partial charge is 0.219 e.